The summed E-state index contributed by atoms with van der Waals surface area (Å²) in [5.74, 6) is -0.00407. The van der Waals surface area contributed by atoms with Crippen LogP contribution in [0.2, 0.25) is 0 Å². The summed E-state index contributed by atoms with van der Waals surface area (Å²) in [7, 11) is 0. The second-order valence-electron chi connectivity index (χ2n) is 4.07. The van der Waals surface area contributed by atoms with Crippen molar-refractivity contribution in [1.29, 1.82) is 0 Å². The van der Waals surface area contributed by atoms with Crippen molar-refractivity contribution in [2.24, 2.45) is 5.41 Å². The summed E-state index contributed by atoms with van der Waals surface area (Å²) >= 11 is 3.24. The van der Waals surface area contributed by atoms with Crippen LogP contribution >= 0.6 is 15.9 Å². The lowest BCUT2D eigenvalue weighted by molar-refractivity contribution is -0.123. The van der Waals surface area contributed by atoms with E-state index >= 15 is 0 Å². The Morgan fingerprint density at radius 2 is 2.14 bits per heavy atom. The molecule has 0 saturated carbocycles. The number of nitrogens with zero attached hydrogens (tertiary/aromatic N) is 1. The Bertz CT molecular complexity index is 344. The van der Waals surface area contributed by atoms with Gasteiger partial charge in [0.2, 0.25) is 5.91 Å². The van der Waals surface area contributed by atoms with Crippen LogP contribution in [-0.4, -0.2) is 10.9 Å². The summed E-state index contributed by atoms with van der Waals surface area (Å²) in [5.41, 5.74) is 0.377. The molecule has 4 heteroatoms. The molecule has 1 heterocycles. The monoisotopic (exact) mass is 256 g/mol. The summed E-state index contributed by atoms with van der Waals surface area (Å²) in [6, 6.07) is 3.53. The van der Waals surface area contributed by atoms with Crippen LogP contribution in [0.5, 0.6) is 0 Å². The molecule has 0 atom stereocenters. The second kappa shape index (κ2) is 4.09. The first-order chi connectivity index (χ1) is 6.39. The van der Waals surface area contributed by atoms with Gasteiger partial charge in [0.25, 0.3) is 0 Å². The predicted molar refractivity (Wildman–Crippen MR) is 60.0 cm³/mol. The van der Waals surface area contributed by atoms with Crippen LogP contribution in [0, 0.1) is 5.41 Å². The third-order valence-corrected chi connectivity index (χ3v) is 2.10. The Morgan fingerprint density at radius 3 is 2.64 bits per heavy atom. The quantitative estimate of drug-likeness (QED) is 0.786. The fourth-order valence-electron chi connectivity index (χ4n) is 0.799. The molecule has 1 rings (SSSR count). The van der Waals surface area contributed by atoms with E-state index in [4.69, 9.17) is 0 Å². The Kier molecular flexibility index (Phi) is 3.26. The van der Waals surface area contributed by atoms with Gasteiger partial charge in [-0.2, -0.15) is 0 Å². The zero-order valence-electron chi connectivity index (χ0n) is 8.47. The zero-order chi connectivity index (χ0) is 10.8. The number of hydrogen-bond acceptors (Lipinski definition) is 2. The van der Waals surface area contributed by atoms with E-state index in [0.29, 0.717) is 4.60 Å². The number of anilines is 1. The van der Waals surface area contributed by atoms with Crippen molar-refractivity contribution in [3.63, 3.8) is 0 Å². The van der Waals surface area contributed by atoms with E-state index in [1.54, 1.807) is 18.3 Å². The van der Waals surface area contributed by atoms with Gasteiger partial charge in [0.15, 0.2) is 0 Å². The van der Waals surface area contributed by atoms with Crippen molar-refractivity contribution in [2.75, 3.05) is 5.32 Å². The summed E-state index contributed by atoms with van der Waals surface area (Å²) in [4.78, 5) is 15.6. The molecule has 0 aliphatic carbocycles. The summed E-state index contributed by atoms with van der Waals surface area (Å²) in [6.45, 7) is 5.62. The lowest BCUT2D eigenvalue weighted by Gasteiger charge is -2.17. The molecule has 0 bridgehead atoms. The Morgan fingerprint density at radius 1 is 1.50 bits per heavy atom. The molecule has 1 aromatic heterocycles. The minimum Gasteiger partial charge on any atom is -0.325 e. The summed E-state index contributed by atoms with van der Waals surface area (Å²) in [5, 5.41) is 2.81. The standard InChI is InChI=1S/C10H13BrN2O/c1-10(2,3)9(14)13-7-4-5-12-8(11)6-7/h4-6H,1-3H3,(H,12,13,14). The van der Waals surface area contributed by atoms with Gasteiger partial charge < -0.3 is 5.32 Å². The molecule has 1 N–H and O–H groups in total. The highest BCUT2D eigenvalue weighted by Crippen LogP contribution is 2.18. The summed E-state index contributed by atoms with van der Waals surface area (Å²) in [6.07, 6.45) is 1.64. The molecule has 76 valence electrons. The third kappa shape index (κ3) is 3.10. The van der Waals surface area contributed by atoms with Crippen molar-refractivity contribution in [3.8, 4) is 0 Å². The molecule has 0 saturated heterocycles. The maximum Gasteiger partial charge on any atom is 0.229 e. The van der Waals surface area contributed by atoms with Crippen molar-refractivity contribution >= 4 is 27.5 Å². The molecule has 1 amide bonds. The van der Waals surface area contributed by atoms with Crippen LogP contribution in [0.4, 0.5) is 5.69 Å². The number of carbonyl (C=O) groups excluding carboxylic acids is 1. The number of pyridine rings is 1. The normalized spacial score (nSPS) is 11.1. The predicted octanol–water partition coefficient (Wildman–Crippen LogP) is 2.83. The molecule has 0 radical (unpaired) electrons. The molecule has 0 fully saturated rings. The van der Waals surface area contributed by atoms with E-state index in [2.05, 4.69) is 26.2 Å². The molecule has 0 aromatic carbocycles. The fraction of sp³-hybridized carbons (Fsp3) is 0.400. The lowest BCUT2D eigenvalue weighted by atomic mass is 9.95. The van der Waals surface area contributed by atoms with E-state index < -0.39 is 0 Å². The molecule has 0 aliphatic heterocycles. The first-order valence-corrected chi connectivity index (χ1v) is 5.12. The van der Waals surface area contributed by atoms with E-state index in [0.717, 1.165) is 5.69 Å². The molecule has 0 unspecified atom stereocenters. The van der Waals surface area contributed by atoms with Gasteiger partial charge in [-0.1, -0.05) is 20.8 Å². The van der Waals surface area contributed by atoms with E-state index in [1.807, 2.05) is 20.8 Å². The number of aromatic nitrogens is 1. The maximum absolute atomic E-state index is 11.6. The number of carbonyl (C=O) groups is 1. The van der Waals surface area contributed by atoms with Crippen LogP contribution in [0.15, 0.2) is 22.9 Å². The van der Waals surface area contributed by atoms with Gasteiger partial charge in [-0.25, -0.2) is 4.98 Å². The van der Waals surface area contributed by atoms with E-state index in [-0.39, 0.29) is 11.3 Å². The second-order valence-corrected chi connectivity index (χ2v) is 4.88. The average Bonchev–Trinajstić information content (AvgIpc) is 2.02. The summed E-state index contributed by atoms with van der Waals surface area (Å²) < 4.78 is 0.712. The fourth-order valence-corrected chi connectivity index (χ4v) is 1.16. The molecule has 14 heavy (non-hydrogen) atoms. The number of amides is 1. The number of halogens is 1. The van der Waals surface area contributed by atoms with Gasteiger partial charge in [-0.3, -0.25) is 4.79 Å². The number of nitrogens with one attached hydrogen (secondary N) is 1. The maximum atomic E-state index is 11.6. The van der Waals surface area contributed by atoms with Crippen molar-refractivity contribution in [2.45, 2.75) is 20.8 Å². The molecule has 3 nitrogen and oxygen atoms in total. The van der Waals surface area contributed by atoms with E-state index in [9.17, 15) is 4.79 Å². The molecule has 1 aromatic rings. The average molecular weight is 257 g/mol. The first kappa shape index (κ1) is 11.2. The van der Waals surface area contributed by atoms with Gasteiger partial charge in [-0.15, -0.1) is 0 Å². The highest BCUT2D eigenvalue weighted by molar-refractivity contribution is 9.10. The third-order valence-electron chi connectivity index (χ3n) is 1.67. The zero-order valence-corrected chi connectivity index (χ0v) is 10.1. The topological polar surface area (TPSA) is 42.0 Å². The molecule has 0 spiro atoms. The Balaban J connectivity index is 2.75. The van der Waals surface area contributed by atoms with Crippen molar-refractivity contribution in [3.05, 3.63) is 22.9 Å². The minimum absolute atomic E-state index is 0.00407. The van der Waals surface area contributed by atoms with Crippen LogP contribution < -0.4 is 5.32 Å². The van der Waals surface area contributed by atoms with Gasteiger partial charge in [0.1, 0.15) is 4.60 Å². The van der Waals surface area contributed by atoms with Crippen LogP contribution in [0.3, 0.4) is 0 Å². The van der Waals surface area contributed by atoms with Crippen molar-refractivity contribution < 1.29 is 4.79 Å². The van der Waals surface area contributed by atoms with Crippen LogP contribution in [0.1, 0.15) is 20.8 Å². The van der Waals surface area contributed by atoms with Crippen molar-refractivity contribution in [1.82, 2.24) is 4.98 Å². The highest BCUT2D eigenvalue weighted by Gasteiger charge is 2.20. The van der Waals surface area contributed by atoms with Gasteiger partial charge in [0, 0.05) is 17.3 Å². The smallest absolute Gasteiger partial charge is 0.229 e. The Labute approximate surface area is 92.1 Å². The highest BCUT2D eigenvalue weighted by atomic mass is 79.9. The van der Waals surface area contributed by atoms with Gasteiger partial charge in [-0.05, 0) is 28.1 Å². The Hall–Kier alpha value is -0.900. The molecule has 0 aliphatic rings. The van der Waals surface area contributed by atoms with Gasteiger partial charge >= 0.3 is 0 Å². The van der Waals surface area contributed by atoms with Crippen LogP contribution in [-0.2, 0) is 4.79 Å². The number of hydrogen-bond donors (Lipinski definition) is 1. The molecular formula is C10H13BrN2O. The number of rotatable bonds is 1. The SMILES string of the molecule is CC(C)(C)C(=O)Nc1ccnc(Br)c1. The first-order valence-electron chi connectivity index (χ1n) is 4.32. The molecular weight excluding hydrogens is 244 g/mol. The lowest BCUT2D eigenvalue weighted by Crippen LogP contribution is -2.27. The minimum atomic E-state index is -0.379. The van der Waals surface area contributed by atoms with Crippen LogP contribution in [0.25, 0.3) is 0 Å². The largest absolute Gasteiger partial charge is 0.325 e. The van der Waals surface area contributed by atoms with Gasteiger partial charge in [0.05, 0.1) is 0 Å². The van der Waals surface area contributed by atoms with E-state index in [1.165, 1.54) is 0 Å².